The highest BCUT2D eigenvalue weighted by atomic mass is 16.5. The summed E-state index contributed by atoms with van der Waals surface area (Å²) in [5, 5.41) is 0. The van der Waals surface area contributed by atoms with Gasteiger partial charge < -0.3 is 19.3 Å². The maximum atomic E-state index is 14.0. The molecule has 2 fully saturated rings. The van der Waals surface area contributed by atoms with E-state index in [9.17, 15) is 9.59 Å². The molecule has 8 nitrogen and oxygen atoms in total. The molecular weight excluding hydrogens is 432 g/mol. The monoisotopic (exact) mass is 464 g/mol. The van der Waals surface area contributed by atoms with E-state index in [0.717, 1.165) is 11.3 Å². The highest BCUT2D eigenvalue weighted by Gasteiger charge is 2.61. The highest BCUT2D eigenvalue weighted by Crippen LogP contribution is 2.48. The first kappa shape index (κ1) is 22.8. The van der Waals surface area contributed by atoms with Crippen molar-refractivity contribution in [3.63, 3.8) is 0 Å². The lowest BCUT2D eigenvalue weighted by molar-refractivity contribution is -0.148. The second-order valence-electron chi connectivity index (χ2n) is 9.65. The summed E-state index contributed by atoms with van der Waals surface area (Å²) in [6, 6.07) is 13.3. The third kappa shape index (κ3) is 3.75. The van der Waals surface area contributed by atoms with Crippen molar-refractivity contribution >= 4 is 11.8 Å². The van der Waals surface area contributed by atoms with Crippen LogP contribution in [0, 0.1) is 0 Å². The van der Waals surface area contributed by atoms with E-state index in [0.29, 0.717) is 57.4 Å². The number of fused-ring (bicyclic) bond motifs is 1. The Kier molecular flexibility index (Phi) is 6.04. The molecule has 0 radical (unpaired) electrons. The number of likely N-dealkylation sites (tertiary alicyclic amines) is 1. The second kappa shape index (κ2) is 9.00. The third-order valence-corrected chi connectivity index (χ3v) is 7.20. The van der Waals surface area contributed by atoms with E-state index in [1.807, 2.05) is 66.1 Å². The largest absolute Gasteiger partial charge is 0.481 e. The topological polar surface area (TPSA) is 75.2 Å². The van der Waals surface area contributed by atoms with Crippen molar-refractivity contribution in [3.8, 4) is 5.88 Å². The number of ether oxygens (including phenoxy) is 2. The normalized spacial score (nSPS) is 22.0. The molecule has 4 heterocycles. The van der Waals surface area contributed by atoms with Crippen molar-refractivity contribution < 1.29 is 19.1 Å². The van der Waals surface area contributed by atoms with Crippen molar-refractivity contribution in [2.24, 2.45) is 0 Å². The van der Waals surface area contributed by atoms with Crippen molar-refractivity contribution in [1.82, 2.24) is 19.7 Å². The van der Waals surface area contributed by atoms with Gasteiger partial charge >= 0.3 is 0 Å². The van der Waals surface area contributed by atoms with Crippen LogP contribution in [0.2, 0.25) is 0 Å². The molecule has 1 aromatic carbocycles. The summed E-state index contributed by atoms with van der Waals surface area (Å²) in [5.74, 6) is 0.277. The molecule has 2 amide bonds. The molecule has 3 aliphatic heterocycles. The number of hydrogen-bond acceptors (Lipinski definition) is 6. The zero-order valence-electron chi connectivity index (χ0n) is 20.1. The Morgan fingerprint density at radius 3 is 2.59 bits per heavy atom. The van der Waals surface area contributed by atoms with Crippen LogP contribution in [0.25, 0.3) is 0 Å². The van der Waals surface area contributed by atoms with E-state index >= 15 is 0 Å². The summed E-state index contributed by atoms with van der Waals surface area (Å²) in [6.07, 6.45) is 0. The van der Waals surface area contributed by atoms with Crippen LogP contribution in [0.5, 0.6) is 5.88 Å². The zero-order chi connectivity index (χ0) is 23.9. The minimum Gasteiger partial charge on any atom is -0.481 e. The van der Waals surface area contributed by atoms with E-state index in [1.165, 1.54) is 0 Å². The van der Waals surface area contributed by atoms with Crippen LogP contribution in [0.15, 0.2) is 42.5 Å². The van der Waals surface area contributed by atoms with Crippen LogP contribution in [-0.4, -0.2) is 89.6 Å². The average Bonchev–Trinajstić information content (AvgIpc) is 2.83. The maximum absolute atomic E-state index is 14.0. The Bertz CT molecular complexity index is 1080. The van der Waals surface area contributed by atoms with E-state index in [4.69, 9.17) is 9.47 Å². The van der Waals surface area contributed by atoms with E-state index in [-0.39, 0.29) is 17.9 Å². The Morgan fingerprint density at radius 2 is 1.88 bits per heavy atom. The average molecular weight is 465 g/mol. The molecule has 8 heteroatoms. The number of hydrogen-bond donors (Lipinski definition) is 0. The van der Waals surface area contributed by atoms with Crippen LogP contribution < -0.4 is 4.74 Å². The number of pyridine rings is 1. The Hall–Kier alpha value is -2.97. The molecule has 2 saturated heterocycles. The lowest BCUT2D eigenvalue weighted by atomic mass is 9.67. The second-order valence-corrected chi connectivity index (χ2v) is 9.65. The number of morpholine rings is 1. The van der Waals surface area contributed by atoms with Gasteiger partial charge in [0.25, 0.3) is 5.91 Å². The standard InChI is InChI=1S/C26H32N4O4/c1-18(2)30-24(31)21-9-5-4-8-20(21)23(25(32)29-11-13-34-14-12-29)26(30)16-28(17-26)15-19-7-6-10-22(27-19)33-3/h4-10,18,23H,11-17H2,1-3H3. The SMILES string of the molecule is COc1cccc(CN2CC3(C2)C(C(=O)N2CCOCC2)c2ccccc2C(=O)N3C(C)C)n1. The zero-order valence-corrected chi connectivity index (χ0v) is 20.1. The molecule has 34 heavy (non-hydrogen) atoms. The first-order valence-corrected chi connectivity index (χ1v) is 12.0. The molecule has 1 aromatic heterocycles. The number of methoxy groups -OCH3 is 1. The van der Waals surface area contributed by atoms with Gasteiger partial charge in [-0.25, -0.2) is 4.98 Å². The maximum Gasteiger partial charge on any atom is 0.254 e. The third-order valence-electron chi connectivity index (χ3n) is 7.20. The summed E-state index contributed by atoms with van der Waals surface area (Å²) in [6.45, 7) is 8.21. The van der Waals surface area contributed by atoms with Crippen molar-refractivity contribution in [2.45, 2.75) is 37.9 Å². The Balaban J connectivity index is 1.51. The van der Waals surface area contributed by atoms with Gasteiger partial charge in [-0.15, -0.1) is 0 Å². The number of benzene rings is 1. The molecule has 180 valence electrons. The Labute approximate surface area is 200 Å². The molecular formula is C26H32N4O4. The summed E-state index contributed by atoms with van der Waals surface area (Å²) in [4.78, 5) is 38.4. The quantitative estimate of drug-likeness (QED) is 0.675. The molecule has 0 saturated carbocycles. The lowest BCUT2D eigenvalue weighted by Crippen LogP contribution is -2.77. The molecule has 1 spiro atoms. The van der Waals surface area contributed by atoms with Crippen LogP contribution in [0.4, 0.5) is 0 Å². The number of carbonyl (C=O) groups is 2. The first-order valence-electron chi connectivity index (χ1n) is 12.0. The van der Waals surface area contributed by atoms with Gasteiger partial charge in [-0.2, -0.15) is 0 Å². The molecule has 1 unspecified atom stereocenters. The lowest BCUT2D eigenvalue weighted by Gasteiger charge is -2.62. The van der Waals surface area contributed by atoms with Crippen molar-refractivity contribution in [1.29, 1.82) is 0 Å². The number of aromatic nitrogens is 1. The fourth-order valence-corrected chi connectivity index (χ4v) is 5.85. The molecule has 2 aromatic rings. The number of amides is 2. The minimum absolute atomic E-state index is 0.00998. The van der Waals surface area contributed by atoms with Gasteiger partial charge in [-0.3, -0.25) is 14.5 Å². The predicted octanol–water partition coefficient (Wildman–Crippen LogP) is 2.15. The predicted molar refractivity (Wildman–Crippen MR) is 127 cm³/mol. The molecule has 3 aliphatic rings. The minimum atomic E-state index is -0.589. The highest BCUT2D eigenvalue weighted by molar-refractivity contribution is 6.02. The van der Waals surface area contributed by atoms with Gasteiger partial charge in [0.15, 0.2) is 0 Å². The molecule has 5 rings (SSSR count). The first-order chi connectivity index (χ1) is 16.4. The number of nitrogens with zero attached hydrogens (tertiary/aromatic N) is 4. The van der Waals surface area contributed by atoms with E-state index in [2.05, 4.69) is 9.88 Å². The smallest absolute Gasteiger partial charge is 0.254 e. The number of carbonyl (C=O) groups excluding carboxylic acids is 2. The van der Waals surface area contributed by atoms with Crippen molar-refractivity contribution in [3.05, 3.63) is 59.3 Å². The molecule has 0 aliphatic carbocycles. The van der Waals surface area contributed by atoms with E-state index in [1.54, 1.807) is 7.11 Å². The Morgan fingerprint density at radius 1 is 1.15 bits per heavy atom. The number of rotatable bonds is 5. The summed E-state index contributed by atoms with van der Waals surface area (Å²) in [5.41, 5.74) is 1.80. The molecule has 0 bridgehead atoms. The van der Waals surface area contributed by atoms with Gasteiger partial charge in [0.2, 0.25) is 11.8 Å². The van der Waals surface area contributed by atoms with Gasteiger partial charge in [0, 0.05) is 50.4 Å². The fraction of sp³-hybridized carbons (Fsp3) is 0.500. The van der Waals surface area contributed by atoms with Gasteiger partial charge in [0.1, 0.15) is 0 Å². The fourth-order valence-electron chi connectivity index (χ4n) is 5.85. The summed E-state index contributed by atoms with van der Waals surface area (Å²) < 4.78 is 10.8. The van der Waals surface area contributed by atoms with Crippen LogP contribution in [0.1, 0.15) is 41.4 Å². The summed E-state index contributed by atoms with van der Waals surface area (Å²) >= 11 is 0. The van der Waals surface area contributed by atoms with Crippen LogP contribution in [0.3, 0.4) is 0 Å². The molecule has 1 atom stereocenters. The van der Waals surface area contributed by atoms with Gasteiger partial charge in [-0.1, -0.05) is 24.3 Å². The van der Waals surface area contributed by atoms with Crippen LogP contribution >= 0.6 is 0 Å². The molecule has 0 N–H and O–H groups in total. The van der Waals surface area contributed by atoms with E-state index < -0.39 is 11.5 Å². The van der Waals surface area contributed by atoms with Crippen LogP contribution in [-0.2, 0) is 16.1 Å². The van der Waals surface area contributed by atoms with Crippen molar-refractivity contribution in [2.75, 3.05) is 46.5 Å². The summed E-state index contributed by atoms with van der Waals surface area (Å²) in [7, 11) is 1.61. The van der Waals surface area contributed by atoms with Gasteiger partial charge in [-0.05, 0) is 31.5 Å². The van der Waals surface area contributed by atoms with Gasteiger partial charge in [0.05, 0.1) is 37.5 Å².